The van der Waals surface area contributed by atoms with Crippen LogP contribution in [0, 0.1) is 5.41 Å². The zero-order chi connectivity index (χ0) is 21.0. The zero-order valence-corrected chi connectivity index (χ0v) is 17.5. The number of anilines is 1. The molecule has 0 saturated heterocycles. The number of benzene rings is 1. The third-order valence-electron chi connectivity index (χ3n) is 5.22. The first kappa shape index (κ1) is 21.0. The van der Waals surface area contributed by atoms with Gasteiger partial charge in [0.15, 0.2) is 5.82 Å². The molecule has 2 aromatic heterocycles. The second-order valence-corrected chi connectivity index (χ2v) is 8.36. The number of rotatable bonds is 10. The van der Waals surface area contributed by atoms with Gasteiger partial charge in [0.25, 0.3) is 0 Å². The first-order valence-corrected chi connectivity index (χ1v) is 10.3. The number of carboxylic acid groups (broad SMARTS) is 1. The van der Waals surface area contributed by atoms with E-state index in [2.05, 4.69) is 27.9 Å². The molecule has 0 aliphatic carbocycles. The molecule has 29 heavy (non-hydrogen) atoms. The van der Waals surface area contributed by atoms with Crippen LogP contribution < -0.4 is 11.1 Å². The smallest absolute Gasteiger partial charge is 0.303 e. The summed E-state index contributed by atoms with van der Waals surface area (Å²) in [6.07, 6.45) is 3.01. The first-order valence-electron chi connectivity index (χ1n) is 10.3. The lowest BCUT2D eigenvalue weighted by Gasteiger charge is -2.22. The molecule has 7 nitrogen and oxygen atoms in total. The van der Waals surface area contributed by atoms with Crippen molar-refractivity contribution in [1.29, 1.82) is 0 Å². The Bertz CT molecular complexity index is 1010. The van der Waals surface area contributed by atoms with Gasteiger partial charge >= 0.3 is 5.97 Å². The Morgan fingerprint density at radius 1 is 1.24 bits per heavy atom. The molecule has 3 rings (SSSR count). The quantitative estimate of drug-likeness (QED) is 0.451. The molecule has 0 aliphatic rings. The fraction of sp³-hybridized carbons (Fsp3) is 0.500. The number of nitrogens with one attached hydrogen (secondary N) is 1. The number of carbonyl (C=O) groups is 1. The predicted molar refractivity (Wildman–Crippen MR) is 117 cm³/mol. The number of nitrogens with zero attached hydrogens (tertiary/aromatic N) is 3. The molecule has 2 heterocycles. The molecule has 3 aromatic rings. The number of para-hydroxylation sites is 1. The van der Waals surface area contributed by atoms with E-state index in [0.29, 0.717) is 12.4 Å². The van der Waals surface area contributed by atoms with E-state index in [-0.39, 0.29) is 11.8 Å². The maximum atomic E-state index is 10.9. The van der Waals surface area contributed by atoms with Gasteiger partial charge in [0.05, 0.1) is 17.5 Å². The highest BCUT2D eigenvalue weighted by Crippen LogP contribution is 2.29. The Kier molecular flexibility index (Phi) is 6.37. The summed E-state index contributed by atoms with van der Waals surface area (Å²) in [7, 11) is 0. The van der Waals surface area contributed by atoms with Crippen molar-refractivity contribution in [2.75, 3.05) is 18.8 Å². The van der Waals surface area contributed by atoms with Crippen LogP contribution in [0.15, 0.2) is 24.3 Å². The van der Waals surface area contributed by atoms with Gasteiger partial charge < -0.3 is 20.7 Å². The number of nitrogen functional groups attached to an aromatic ring is 1. The normalized spacial score (nSPS) is 12.1. The van der Waals surface area contributed by atoms with Crippen molar-refractivity contribution >= 4 is 33.7 Å². The molecule has 0 radical (unpaired) electrons. The summed E-state index contributed by atoms with van der Waals surface area (Å²) >= 11 is 0. The molecule has 0 unspecified atom stereocenters. The number of carboxylic acids is 1. The minimum Gasteiger partial charge on any atom is -0.481 e. The summed E-state index contributed by atoms with van der Waals surface area (Å²) < 4.78 is 2.28. The van der Waals surface area contributed by atoms with Crippen LogP contribution in [-0.4, -0.2) is 38.7 Å². The molecule has 4 N–H and O–H groups in total. The predicted octanol–water partition coefficient (Wildman–Crippen LogP) is 3.60. The van der Waals surface area contributed by atoms with Crippen LogP contribution in [0.3, 0.4) is 0 Å². The maximum Gasteiger partial charge on any atom is 0.303 e. The molecule has 0 atom stereocenters. The number of nitrogens with two attached hydrogens (primary N) is 1. The topological polar surface area (TPSA) is 106 Å². The Morgan fingerprint density at radius 3 is 2.72 bits per heavy atom. The number of aryl methyl sites for hydroxylation is 2. The molecular weight excluding hydrogens is 366 g/mol. The standard InChI is InChI=1S/C22H31N5O2/c1-4-17-26-19-20(15-9-5-6-10-16(15)25-21(19)23)27(17)12-8-7-11-24-14-22(2,3)13-18(28)29/h5-6,9-10,24H,4,7-8,11-14H2,1-3H3,(H2,23,25)(H,28,29). The number of aliphatic carboxylic acids is 1. The monoisotopic (exact) mass is 397 g/mol. The van der Waals surface area contributed by atoms with Gasteiger partial charge in [0.1, 0.15) is 11.3 Å². The van der Waals surface area contributed by atoms with E-state index in [1.54, 1.807) is 0 Å². The number of unbranched alkanes of at least 4 members (excludes halogenated alkanes) is 1. The van der Waals surface area contributed by atoms with Crippen LogP contribution in [0.4, 0.5) is 5.82 Å². The SMILES string of the molecule is CCc1nc2c(N)nc3ccccc3c2n1CCCCNCC(C)(C)CC(=O)O. The highest BCUT2D eigenvalue weighted by atomic mass is 16.4. The molecule has 7 heteroatoms. The maximum absolute atomic E-state index is 10.9. The summed E-state index contributed by atoms with van der Waals surface area (Å²) in [5, 5.41) is 13.5. The third kappa shape index (κ3) is 4.85. The fourth-order valence-corrected chi connectivity index (χ4v) is 3.83. The molecule has 156 valence electrons. The van der Waals surface area contributed by atoms with Crippen LogP contribution in [0.1, 0.15) is 45.9 Å². The van der Waals surface area contributed by atoms with E-state index in [0.717, 1.165) is 60.1 Å². The lowest BCUT2D eigenvalue weighted by atomic mass is 9.89. The second kappa shape index (κ2) is 8.78. The number of fused-ring (bicyclic) bond motifs is 3. The molecule has 0 spiro atoms. The largest absolute Gasteiger partial charge is 0.481 e. The third-order valence-corrected chi connectivity index (χ3v) is 5.22. The van der Waals surface area contributed by atoms with Crippen molar-refractivity contribution in [1.82, 2.24) is 19.9 Å². The average molecular weight is 398 g/mol. The van der Waals surface area contributed by atoms with E-state index < -0.39 is 5.97 Å². The lowest BCUT2D eigenvalue weighted by molar-refractivity contribution is -0.139. The summed E-state index contributed by atoms with van der Waals surface area (Å²) in [6.45, 7) is 8.48. The molecular formula is C22H31N5O2. The van der Waals surface area contributed by atoms with E-state index >= 15 is 0 Å². The summed E-state index contributed by atoms with van der Waals surface area (Å²) in [6, 6.07) is 8.05. The number of aromatic nitrogens is 3. The van der Waals surface area contributed by atoms with Crippen molar-refractivity contribution in [3.05, 3.63) is 30.1 Å². The van der Waals surface area contributed by atoms with Crippen molar-refractivity contribution in [3.63, 3.8) is 0 Å². The Morgan fingerprint density at radius 2 is 2.00 bits per heavy atom. The van der Waals surface area contributed by atoms with Crippen LogP contribution in [0.5, 0.6) is 0 Å². The van der Waals surface area contributed by atoms with Crippen LogP contribution in [0.2, 0.25) is 0 Å². The van der Waals surface area contributed by atoms with Crippen molar-refractivity contribution < 1.29 is 9.90 Å². The highest BCUT2D eigenvalue weighted by Gasteiger charge is 2.21. The Labute approximate surface area is 171 Å². The van der Waals surface area contributed by atoms with Crippen molar-refractivity contribution in [3.8, 4) is 0 Å². The number of imidazole rings is 1. The van der Waals surface area contributed by atoms with Crippen LogP contribution >= 0.6 is 0 Å². The van der Waals surface area contributed by atoms with Gasteiger partial charge in [-0.15, -0.1) is 0 Å². The zero-order valence-electron chi connectivity index (χ0n) is 17.5. The van der Waals surface area contributed by atoms with Gasteiger partial charge in [-0.1, -0.05) is 39.0 Å². The first-order chi connectivity index (χ1) is 13.8. The number of hydrogen-bond donors (Lipinski definition) is 3. The van der Waals surface area contributed by atoms with Crippen LogP contribution in [-0.2, 0) is 17.8 Å². The minimum atomic E-state index is -0.753. The van der Waals surface area contributed by atoms with Crippen LogP contribution in [0.25, 0.3) is 21.9 Å². The number of pyridine rings is 1. The summed E-state index contributed by atoms with van der Waals surface area (Å²) in [5.74, 6) is 0.756. The molecule has 0 aliphatic heterocycles. The molecule has 1 aromatic carbocycles. The van der Waals surface area contributed by atoms with Gasteiger partial charge in [-0.25, -0.2) is 9.97 Å². The average Bonchev–Trinajstić information content (AvgIpc) is 3.03. The lowest BCUT2D eigenvalue weighted by Crippen LogP contribution is -2.32. The van der Waals surface area contributed by atoms with Crippen molar-refractivity contribution in [2.24, 2.45) is 5.41 Å². The molecule has 0 saturated carbocycles. The molecule has 0 amide bonds. The molecule has 0 fully saturated rings. The summed E-state index contributed by atoms with van der Waals surface area (Å²) in [4.78, 5) is 20.2. The van der Waals surface area contributed by atoms with Gasteiger partial charge in [0, 0.05) is 24.9 Å². The van der Waals surface area contributed by atoms with E-state index in [9.17, 15) is 4.79 Å². The van der Waals surface area contributed by atoms with E-state index in [1.165, 1.54) is 0 Å². The minimum absolute atomic E-state index is 0.170. The molecule has 0 bridgehead atoms. The van der Waals surface area contributed by atoms with Gasteiger partial charge in [0.2, 0.25) is 0 Å². The van der Waals surface area contributed by atoms with Crippen molar-refractivity contribution in [2.45, 2.75) is 53.0 Å². The Balaban J connectivity index is 1.68. The fourth-order valence-electron chi connectivity index (χ4n) is 3.83. The van der Waals surface area contributed by atoms with E-state index in [4.69, 9.17) is 15.8 Å². The Hall–Kier alpha value is -2.67. The van der Waals surface area contributed by atoms with Gasteiger partial charge in [-0.2, -0.15) is 0 Å². The van der Waals surface area contributed by atoms with Gasteiger partial charge in [-0.05, 0) is 30.9 Å². The second-order valence-electron chi connectivity index (χ2n) is 8.36. The van der Waals surface area contributed by atoms with E-state index in [1.807, 2.05) is 32.0 Å². The van der Waals surface area contributed by atoms with Gasteiger partial charge in [-0.3, -0.25) is 4.79 Å². The summed E-state index contributed by atoms with van der Waals surface area (Å²) in [5.41, 5.74) is 8.69. The highest BCUT2D eigenvalue weighted by molar-refractivity contribution is 6.06. The number of hydrogen-bond acceptors (Lipinski definition) is 5.